The minimum absolute atomic E-state index is 0.117. The normalized spacial score (nSPS) is 20.2. The Morgan fingerprint density at radius 3 is 3.04 bits per heavy atom. The molecule has 120 valence electrons. The lowest BCUT2D eigenvalue weighted by Crippen LogP contribution is -2.27. The highest BCUT2D eigenvalue weighted by atomic mass is 16.1. The van der Waals surface area contributed by atoms with Crippen LogP contribution in [0.3, 0.4) is 0 Å². The Morgan fingerprint density at radius 1 is 1.42 bits per heavy atom. The van der Waals surface area contributed by atoms with Gasteiger partial charge >= 0.3 is 0 Å². The number of allylic oxidation sites excluding steroid dienone is 1. The summed E-state index contributed by atoms with van der Waals surface area (Å²) in [6.07, 6.45) is 6.69. The van der Waals surface area contributed by atoms with Gasteiger partial charge in [0.05, 0.1) is 11.7 Å². The van der Waals surface area contributed by atoms with Gasteiger partial charge in [-0.1, -0.05) is 0 Å². The molecule has 24 heavy (non-hydrogen) atoms. The molecule has 2 aromatic rings. The number of Topliss-reactive ketones (excluding diaryl/α,β-unsaturated/α-hetero) is 1. The van der Waals surface area contributed by atoms with Crippen molar-refractivity contribution in [2.45, 2.75) is 25.8 Å². The molecule has 1 saturated heterocycles. The molecular weight excluding hydrogens is 302 g/mol. The van der Waals surface area contributed by atoms with E-state index in [1.54, 1.807) is 12.4 Å². The number of ketones is 1. The minimum Gasteiger partial charge on any atom is -0.368 e. The zero-order valence-electron chi connectivity index (χ0n) is 13.4. The number of carbonyl (C=O) groups excluding carboxylic acids is 1. The molecular formula is C18H17N5O. The predicted octanol–water partition coefficient (Wildman–Crippen LogP) is 1.89. The third-order valence-electron chi connectivity index (χ3n) is 4.74. The Balaban J connectivity index is 1.76. The summed E-state index contributed by atoms with van der Waals surface area (Å²) >= 11 is 0. The Morgan fingerprint density at radius 2 is 2.29 bits per heavy atom. The quantitative estimate of drug-likeness (QED) is 0.845. The van der Waals surface area contributed by atoms with Gasteiger partial charge in [0.1, 0.15) is 11.6 Å². The maximum Gasteiger partial charge on any atom is 0.179 e. The second-order valence-electron chi connectivity index (χ2n) is 6.29. The first-order chi connectivity index (χ1) is 11.7. The highest BCUT2D eigenvalue weighted by Crippen LogP contribution is 2.36. The number of nitrogens with zero attached hydrogens (tertiary/aromatic N) is 5. The summed E-state index contributed by atoms with van der Waals surface area (Å²) in [5, 5.41) is 13.9. The van der Waals surface area contributed by atoms with E-state index in [9.17, 15) is 10.1 Å². The first-order valence-corrected chi connectivity index (χ1v) is 8.05. The molecule has 6 nitrogen and oxygen atoms in total. The number of rotatable bonds is 2. The van der Waals surface area contributed by atoms with Crippen LogP contribution in [0, 0.1) is 18.3 Å². The molecule has 0 unspecified atom stereocenters. The van der Waals surface area contributed by atoms with E-state index in [-0.39, 0.29) is 23.8 Å². The van der Waals surface area contributed by atoms with Crippen LogP contribution < -0.4 is 0 Å². The van der Waals surface area contributed by atoms with Crippen molar-refractivity contribution in [1.82, 2.24) is 19.7 Å². The summed E-state index contributed by atoms with van der Waals surface area (Å²) < 4.78 is 1.95. The monoisotopic (exact) mass is 319 g/mol. The van der Waals surface area contributed by atoms with Crippen LogP contribution in [0.2, 0.25) is 0 Å². The molecule has 6 heteroatoms. The fraction of sp³-hybridized carbons (Fsp3) is 0.333. The molecule has 4 rings (SSSR count). The molecule has 0 aromatic carbocycles. The molecule has 1 atom stereocenters. The van der Waals surface area contributed by atoms with Gasteiger partial charge in [0, 0.05) is 49.4 Å². The highest BCUT2D eigenvalue weighted by molar-refractivity contribution is 6.09. The molecule has 0 saturated carbocycles. The summed E-state index contributed by atoms with van der Waals surface area (Å²) in [4.78, 5) is 18.9. The lowest BCUT2D eigenvalue weighted by molar-refractivity contribution is -0.114. The molecule has 0 amide bonds. The summed E-state index contributed by atoms with van der Waals surface area (Å²) in [5.74, 6) is -0.117. The average molecular weight is 319 g/mol. The third-order valence-corrected chi connectivity index (χ3v) is 4.74. The topological polar surface area (TPSA) is 74.8 Å². The van der Waals surface area contributed by atoms with Gasteiger partial charge in [-0.3, -0.25) is 14.5 Å². The van der Waals surface area contributed by atoms with Gasteiger partial charge in [0.2, 0.25) is 0 Å². The van der Waals surface area contributed by atoms with Gasteiger partial charge in [0.15, 0.2) is 5.78 Å². The molecule has 0 N–H and O–H groups in total. The molecule has 2 aliphatic rings. The van der Waals surface area contributed by atoms with Crippen LogP contribution in [-0.2, 0) is 11.2 Å². The van der Waals surface area contributed by atoms with Crippen molar-refractivity contribution >= 4 is 11.5 Å². The summed E-state index contributed by atoms with van der Waals surface area (Å²) in [5.41, 5.74) is 3.81. The van der Waals surface area contributed by atoms with E-state index >= 15 is 0 Å². The molecule has 0 radical (unpaired) electrons. The van der Waals surface area contributed by atoms with Crippen LogP contribution in [0.25, 0.3) is 5.70 Å². The molecule has 3 heterocycles. The van der Waals surface area contributed by atoms with E-state index in [1.807, 2.05) is 29.9 Å². The van der Waals surface area contributed by atoms with Crippen LogP contribution >= 0.6 is 0 Å². The van der Waals surface area contributed by atoms with Gasteiger partial charge < -0.3 is 4.90 Å². The predicted molar refractivity (Wildman–Crippen MR) is 87.7 cm³/mol. The average Bonchev–Trinajstić information content (AvgIpc) is 3.25. The first-order valence-electron chi connectivity index (χ1n) is 8.05. The third kappa shape index (κ3) is 2.29. The highest BCUT2D eigenvalue weighted by Gasteiger charge is 2.33. The number of hydrogen-bond acceptors (Lipinski definition) is 5. The zero-order valence-corrected chi connectivity index (χ0v) is 13.4. The van der Waals surface area contributed by atoms with E-state index in [1.165, 1.54) is 0 Å². The number of pyridine rings is 1. The van der Waals surface area contributed by atoms with Crippen molar-refractivity contribution in [3.8, 4) is 6.07 Å². The van der Waals surface area contributed by atoms with Gasteiger partial charge in [-0.05, 0) is 31.0 Å². The second-order valence-corrected chi connectivity index (χ2v) is 6.29. The summed E-state index contributed by atoms with van der Waals surface area (Å²) in [7, 11) is 0. The number of hydrogen-bond donors (Lipinski definition) is 0. The SMILES string of the molecule is Cc1cc2c(cn1)CC(=O)C(C#N)=C2N1CC[C@@H](n2cccn2)C1. The fourth-order valence-electron chi connectivity index (χ4n) is 3.58. The number of carbonyl (C=O) groups is 1. The minimum atomic E-state index is -0.117. The molecule has 0 spiro atoms. The van der Waals surface area contributed by atoms with Crippen LogP contribution in [0.4, 0.5) is 0 Å². The van der Waals surface area contributed by atoms with Crippen molar-refractivity contribution in [2.24, 2.45) is 0 Å². The Kier molecular flexibility index (Phi) is 3.42. The van der Waals surface area contributed by atoms with Crippen LogP contribution in [0.5, 0.6) is 0 Å². The van der Waals surface area contributed by atoms with Crippen LogP contribution in [0.1, 0.15) is 29.3 Å². The number of nitriles is 1. The molecule has 0 bridgehead atoms. The number of likely N-dealkylation sites (tertiary alicyclic amines) is 1. The van der Waals surface area contributed by atoms with E-state index in [0.717, 1.165) is 42.0 Å². The Hall–Kier alpha value is -2.94. The van der Waals surface area contributed by atoms with Gasteiger partial charge in [-0.25, -0.2) is 0 Å². The molecule has 1 aliphatic carbocycles. The maximum absolute atomic E-state index is 12.4. The molecule has 1 fully saturated rings. The Bertz CT molecular complexity index is 875. The summed E-state index contributed by atoms with van der Waals surface area (Å²) in [6, 6.07) is 6.29. The second kappa shape index (κ2) is 5.60. The smallest absolute Gasteiger partial charge is 0.179 e. The van der Waals surface area contributed by atoms with Crippen molar-refractivity contribution in [2.75, 3.05) is 13.1 Å². The van der Waals surface area contributed by atoms with E-state index in [4.69, 9.17) is 0 Å². The fourth-order valence-corrected chi connectivity index (χ4v) is 3.58. The van der Waals surface area contributed by atoms with E-state index < -0.39 is 0 Å². The lowest BCUT2D eigenvalue weighted by Gasteiger charge is -2.28. The largest absolute Gasteiger partial charge is 0.368 e. The van der Waals surface area contributed by atoms with E-state index in [0.29, 0.717) is 0 Å². The van der Waals surface area contributed by atoms with Crippen molar-refractivity contribution in [3.63, 3.8) is 0 Å². The molecule has 2 aromatic heterocycles. The number of aryl methyl sites for hydroxylation is 1. The van der Waals surface area contributed by atoms with Gasteiger partial charge in [-0.15, -0.1) is 0 Å². The van der Waals surface area contributed by atoms with E-state index in [2.05, 4.69) is 21.1 Å². The van der Waals surface area contributed by atoms with Crippen LogP contribution in [0.15, 0.2) is 36.3 Å². The van der Waals surface area contributed by atoms with Gasteiger partial charge in [-0.2, -0.15) is 10.4 Å². The van der Waals surface area contributed by atoms with Gasteiger partial charge in [0.25, 0.3) is 0 Å². The number of aromatic nitrogens is 3. The molecule has 1 aliphatic heterocycles. The van der Waals surface area contributed by atoms with Crippen molar-refractivity contribution in [3.05, 3.63) is 53.1 Å². The van der Waals surface area contributed by atoms with Crippen molar-refractivity contribution in [1.29, 1.82) is 5.26 Å². The zero-order chi connectivity index (χ0) is 16.7. The lowest BCUT2D eigenvalue weighted by atomic mass is 9.89. The van der Waals surface area contributed by atoms with Crippen molar-refractivity contribution < 1.29 is 4.79 Å². The Labute approximate surface area is 140 Å². The standard InChI is InChI=1S/C18H17N5O/c1-12-7-15-13(10-20-12)8-17(24)16(9-19)18(15)22-6-3-14(11-22)23-5-2-4-21-23/h2,4-5,7,10,14H,3,6,8,11H2,1H3/t14-/m1/s1. The first kappa shape index (κ1) is 14.6. The maximum atomic E-state index is 12.4. The summed E-state index contributed by atoms with van der Waals surface area (Å²) in [6.45, 7) is 3.48. The number of fused-ring (bicyclic) bond motifs is 1. The van der Waals surface area contributed by atoms with Crippen LogP contribution in [-0.4, -0.2) is 38.5 Å².